The predicted octanol–water partition coefficient (Wildman–Crippen LogP) is 7.92. The molecule has 51 heavy (non-hydrogen) atoms. The van der Waals surface area contributed by atoms with Gasteiger partial charge in [0.05, 0.1) is 23.2 Å². The van der Waals surface area contributed by atoms with Gasteiger partial charge in [0.15, 0.2) is 11.4 Å². The number of likely N-dealkylation sites (tertiary alicyclic amines) is 1. The molecule has 0 amide bonds. The van der Waals surface area contributed by atoms with Crippen LogP contribution in [-0.2, 0) is 30.7 Å². The van der Waals surface area contributed by atoms with Gasteiger partial charge < -0.3 is 19.3 Å². The minimum atomic E-state index is -0.904. The number of rotatable bonds is 7. The Kier molecular flexibility index (Phi) is 8.66. The molecule has 1 aromatic carbocycles. The lowest BCUT2D eigenvalue weighted by molar-refractivity contribution is -0.136. The summed E-state index contributed by atoms with van der Waals surface area (Å²) in [6, 6.07) is 10.6. The third kappa shape index (κ3) is 6.64. The van der Waals surface area contributed by atoms with E-state index < -0.39 is 5.97 Å². The van der Waals surface area contributed by atoms with E-state index in [9.17, 15) is 9.90 Å². The molecule has 266 valence electrons. The number of nitrogens with zero attached hydrogens (tertiary/aromatic N) is 7. The Hall–Kier alpha value is -4.28. The third-order valence-electron chi connectivity index (χ3n) is 11.5. The SMILES string of the molecule is CC1(C)CCN(Cc2nc(Cl)c(CC(=O)O)c(N3CCC(C)(C)CC3)c2-c2ccc3c(c2)CCN(c2ncnc4c2oc2ncccc24)C3)CC1. The van der Waals surface area contributed by atoms with Crippen LogP contribution in [0.3, 0.4) is 0 Å². The summed E-state index contributed by atoms with van der Waals surface area (Å²) in [6.45, 7) is 15.1. The lowest BCUT2D eigenvalue weighted by atomic mass is 9.81. The van der Waals surface area contributed by atoms with E-state index in [4.69, 9.17) is 21.0 Å². The molecule has 11 heteroatoms. The first-order valence-corrected chi connectivity index (χ1v) is 18.6. The Labute approximate surface area is 303 Å². The van der Waals surface area contributed by atoms with Crippen LogP contribution in [-0.4, -0.2) is 68.6 Å². The minimum Gasteiger partial charge on any atom is -0.481 e. The summed E-state index contributed by atoms with van der Waals surface area (Å²) >= 11 is 6.99. The Morgan fingerprint density at radius 2 is 1.67 bits per heavy atom. The van der Waals surface area contributed by atoms with Gasteiger partial charge in [-0.05, 0) is 84.8 Å². The largest absolute Gasteiger partial charge is 0.481 e. The molecule has 1 N–H and O–H groups in total. The number of aromatic nitrogens is 4. The molecular weight excluding hydrogens is 662 g/mol. The van der Waals surface area contributed by atoms with Crippen LogP contribution < -0.4 is 9.80 Å². The standard InChI is InChI=1S/C40H46ClN7O3/c1-39(2)10-16-46(17-11-39)23-30-32(34(29(21-31(49)50)36(41)45-30)47-18-12-40(3,4)13-19-47)26-7-8-27-22-48(15-9-25(27)20-26)37-35-33(43-24-44-37)28-6-5-14-42-38(28)51-35/h5-8,14,20,24H,9-13,15-19,21-23H2,1-4H3,(H,49,50). The van der Waals surface area contributed by atoms with Gasteiger partial charge in [0.1, 0.15) is 17.0 Å². The van der Waals surface area contributed by atoms with Crippen LogP contribution in [0.2, 0.25) is 5.15 Å². The maximum atomic E-state index is 12.3. The van der Waals surface area contributed by atoms with E-state index in [0.29, 0.717) is 40.5 Å². The van der Waals surface area contributed by atoms with Gasteiger partial charge in [-0.1, -0.05) is 57.5 Å². The highest BCUT2D eigenvalue weighted by atomic mass is 35.5. The summed E-state index contributed by atoms with van der Waals surface area (Å²) in [5, 5.41) is 11.3. The van der Waals surface area contributed by atoms with Crippen molar-refractivity contribution in [1.82, 2.24) is 24.8 Å². The zero-order valence-electron chi connectivity index (χ0n) is 30.0. The summed E-state index contributed by atoms with van der Waals surface area (Å²) in [4.78, 5) is 38.1. The molecule has 10 nitrogen and oxygen atoms in total. The maximum Gasteiger partial charge on any atom is 0.308 e. The topological polar surface area (TPSA) is 112 Å². The first kappa shape index (κ1) is 33.8. The Balaban J connectivity index is 1.20. The second kappa shape index (κ2) is 13.0. The van der Waals surface area contributed by atoms with Crippen molar-refractivity contribution in [1.29, 1.82) is 0 Å². The molecule has 0 atom stereocenters. The first-order chi connectivity index (χ1) is 24.4. The molecule has 0 spiro atoms. The Morgan fingerprint density at radius 1 is 0.922 bits per heavy atom. The van der Waals surface area contributed by atoms with Crippen LogP contribution in [0.15, 0.2) is 47.3 Å². The molecule has 5 aromatic rings. The third-order valence-corrected chi connectivity index (χ3v) is 11.8. The highest BCUT2D eigenvalue weighted by molar-refractivity contribution is 6.31. The number of carboxylic acids is 1. The number of piperidine rings is 2. The van der Waals surface area contributed by atoms with E-state index in [2.05, 4.69) is 75.5 Å². The normalized spacial score (nSPS) is 19.1. The van der Waals surface area contributed by atoms with Crippen LogP contribution in [0.5, 0.6) is 0 Å². The summed E-state index contributed by atoms with van der Waals surface area (Å²) in [7, 11) is 0. The zero-order valence-corrected chi connectivity index (χ0v) is 30.8. The molecule has 7 heterocycles. The van der Waals surface area contributed by atoms with E-state index in [1.807, 2.05) is 12.1 Å². The van der Waals surface area contributed by atoms with Gasteiger partial charge in [-0.3, -0.25) is 9.69 Å². The highest BCUT2D eigenvalue weighted by Crippen LogP contribution is 2.45. The first-order valence-electron chi connectivity index (χ1n) is 18.2. The summed E-state index contributed by atoms with van der Waals surface area (Å²) < 4.78 is 6.17. The lowest BCUT2D eigenvalue weighted by Crippen LogP contribution is -2.39. The second-order valence-electron chi connectivity index (χ2n) is 16.2. The van der Waals surface area contributed by atoms with E-state index >= 15 is 0 Å². The van der Waals surface area contributed by atoms with Crippen molar-refractivity contribution in [2.75, 3.05) is 42.5 Å². The van der Waals surface area contributed by atoms with Gasteiger partial charge in [-0.2, -0.15) is 0 Å². The average Bonchev–Trinajstić information content (AvgIpc) is 3.49. The van der Waals surface area contributed by atoms with Crippen molar-refractivity contribution in [3.63, 3.8) is 0 Å². The molecule has 4 aromatic heterocycles. The van der Waals surface area contributed by atoms with Gasteiger partial charge in [-0.25, -0.2) is 19.9 Å². The van der Waals surface area contributed by atoms with Crippen molar-refractivity contribution in [3.8, 4) is 11.1 Å². The second-order valence-corrected chi connectivity index (χ2v) is 16.6. The van der Waals surface area contributed by atoms with Gasteiger partial charge >= 0.3 is 5.97 Å². The number of hydrogen-bond acceptors (Lipinski definition) is 9. The molecule has 0 saturated carbocycles. The quantitative estimate of drug-likeness (QED) is 0.167. The number of furan rings is 1. The van der Waals surface area contributed by atoms with E-state index in [1.54, 1.807) is 12.5 Å². The van der Waals surface area contributed by atoms with Crippen LogP contribution in [0.25, 0.3) is 33.3 Å². The summed E-state index contributed by atoms with van der Waals surface area (Å²) in [5.74, 6) is -0.130. The number of halogens is 1. The van der Waals surface area contributed by atoms with E-state index in [1.165, 1.54) is 11.1 Å². The number of fused-ring (bicyclic) bond motifs is 4. The number of hydrogen-bond donors (Lipinski definition) is 1. The molecule has 0 unspecified atom stereocenters. The van der Waals surface area contributed by atoms with Crippen molar-refractivity contribution < 1.29 is 14.3 Å². The fraction of sp³-hybridized carbons (Fsp3) is 0.475. The van der Waals surface area contributed by atoms with Crippen LogP contribution in [0, 0.1) is 10.8 Å². The van der Waals surface area contributed by atoms with Gasteiger partial charge in [-0.15, -0.1) is 0 Å². The van der Waals surface area contributed by atoms with Crippen LogP contribution in [0.4, 0.5) is 11.5 Å². The molecule has 3 aliphatic heterocycles. The van der Waals surface area contributed by atoms with Crippen LogP contribution >= 0.6 is 11.6 Å². The van der Waals surface area contributed by atoms with E-state index in [0.717, 1.165) is 104 Å². The van der Waals surface area contributed by atoms with Gasteiger partial charge in [0, 0.05) is 50.0 Å². The zero-order chi connectivity index (χ0) is 35.5. The molecule has 0 aliphatic carbocycles. The molecule has 8 rings (SSSR count). The fourth-order valence-corrected chi connectivity index (χ4v) is 8.34. The number of aliphatic carboxylic acids is 1. The van der Waals surface area contributed by atoms with Gasteiger partial charge in [0.2, 0.25) is 5.71 Å². The van der Waals surface area contributed by atoms with Crippen molar-refractivity contribution in [2.24, 2.45) is 10.8 Å². The highest BCUT2D eigenvalue weighted by Gasteiger charge is 2.33. The number of pyridine rings is 2. The minimum absolute atomic E-state index is 0.170. The van der Waals surface area contributed by atoms with Crippen molar-refractivity contribution >= 4 is 51.3 Å². The maximum absolute atomic E-state index is 12.3. The molecule has 2 fully saturated rings. The number of benzene rings is 1. The van der Waals surface area contributed by atoms with E-state index in [-0.39, 0.29) is 11.8 Å². The predicted molar refractivity (Wildman–Crippen MR) is 201 cm³/mol. The number of carboxylic acid groups (broad SMARTS) is 1. The molecule has 3 aliphatic rings. The Morgan fingerprint density at radius 3 is 2.41 bits per heavy atom. The molecular formula is C40H46ClN7O3. The molecule has 0 bridgehead atoms. The Bertz CT molecular complexity index is 2120. The van der Waals surface area contributed by atoms with Gasteiger partial charge in [0.25, 0.3) is 0 Å². The monoisotopic (exact) mass is 707 g/mol. The lowest BCUT2D eigenvalue weighted by Gasteiger charge is -2.41. The average molecular weight is 708 g/mol. The van der Waals surface area contributed by atoms with Crippen molar-refractivity contribution in [2.45, 2.75) is 79.3 Å². The van der Waals surface area contributed by atoms with Crippen LogP contribution in [0.1, 0.15) is 75.8 Å². The fourth-order valence-electron chi connectivity index (χ4n) is 8.08. The van der Waals surface area contributed by atoms with Crippen molar-refractivity contribution in [3.05, 3.63) is 70.4 Å². The summed E-state index contributed by atoms with van der Waals surface area (Å²) in [5.41, 5.74) is 9.61. The smallest absolute Gasteiger partial charge is 0.308 e. The molecule has 2 saturated heterocycles. The molecule has 0 radical (unpaired) electrons. The number of carbonyl (C=O) groups is 1. The number of anilines is 2. The summed E-state index contributed by atoms with van der Waals surface area (Å²) in [6.07, 6.45) is 8.27.